The number of amides is 1. The number of aryl methyl sites for hydroxylation is 1. The Morgan fingerprint density at radius 1 is 1.21 bits per heavy atom. The van der Waals surface area contributed by atoms with Gasteiger partial charge >= 0.3 is 0 Å². The number of hydrogen-bond acceptors (Lipinski definition) is 6. The van der Waals surface area contributed by atoms with Gasteiger partial charge in [-0.1, -0.05) is 0 Å². The highest BCUT2D eigenvalue weighted by Crippen LogP contribution is 2.26. The molecule has 148 valence electrons. The first kappa shape index (κ1) is 18.7. The minimum atomic E-state index is -0.756. The fourth-order valence-corrected chi connectivity index (χ4v) is 3.62. The van der Waals surface area contributed by atoms with Crippen LogP contribution >= 0.6 is 0 Å². The molecule has 1 saturated heterocycles. The number of nitrogens with one attached hydrogen (secondary N) is 1. The van der Waals surface area contributed by atoms with E-state index in [-0.39, 0.29) is 5.91 Å². The van der Waals surface area contributed by atoms with Crippen molar-refractivity contribution in [3.63, 3.8) is 0 Å². The number of carbonyl (C=O) groups is 1. The number of pyridine rings is 1. The SMILES string of the molecule is Cc1cnc(NC(=O)c2cc(N3CCC(F)CC3)nc3c2CCOCC3)cn1. The van der Waals surface area contributed by atoms with Gasteiger partial charge < -0.3 is 15.0 Å². The number of ether oxygens (including phenoxy) is 1. The van der Waals surface area contributed by atoms with E-state index < -0.39 is 6.17 Å². The molecule has 2 aliphatic rings. The summed E-state index contributed by atoms with van der Waals surface area (Å²) >= 11 is 0. The van der Waals surface area contributed by atoms with Gasteiger partial charge in [0, 0.05) is 30.8 Å². The molecule has 2 aliphatic heterocycles. The van der Waals surface area contributed by atoms with Crippen LogP contribution < -0.4 is 10.2 Å². The van der Waals surface area contributed by atoms with Crippen LogP contribution in [0, 0.1) is 6.92 Å². The predicted octanol–water partition coefficient (Wildman–Crippen LogP) is 2.49. The van der Waals surface area contributed by atoms with Crippen molar-refractivity contribution in [3.8, 4) is 0 Å². The van der Waals surface area contributed by atoms with E-state index in [4.69, 9.17) is 9.72 Å². The number of piperidine rings is 1. The van der Waals surface area contributed by atoms with Crippen LogP contribution in [0.1, 0.15) is 40.2 Å². The molecule has 28 heavy (non-hydrogen) atoms. The monoisotopic (exact) mass is 385 g/mol. The molecule has 0 aromatic carbocycles. The second-order valence-corrected chi connectivity index (χ2v) is 7.22. The van der Waals surface area contributed by atoms with Crippen molar-refractivity contribution in [3.05, 3.63) is 41.0 Å². The van der Waals surface area contributed by atoms with Gasteiger partial charge in [-0.25, -0.2) is 14.4 Å². The number of carbonyl (C=O) groups excluding carboxylic acids is 1. The smallest absolute Gasteiger partial charge is 0.257 e. The van der Waals surface area contributed by atoms with Gasteiger partial charge in [0.25, 0.3) is 5.91 Å². The van der Waals surface area contributed by atoms with Gasteiger partial charge in [-0.05, 0) is 37.8 Å². The maximum absolute atomic E-state index is 13.5. The third-order valence-corrected chi connectivity index (χ3v) is 5.19. The third kappa shape index (κ3) is 4.11. The summed E-state index contributed by atoms with van der Waals surface area (Å²) in [6.45, 7) is 4.20. The lowest BCUT2D eigenvalue weighted by atomic mass is 10.0. The molecule has 0 unspecified atom stereocenters. The molecule has 2 aromatic heterocycles. The molecule has 7 nitrogen and oxygen atoms in total. The molecule has 0 spiro atoms. The number of aromatic nitrogens is 3. The maximum Gasteiger partial charge on any atom is 0.257 e. The van der Waals surface area contributed by atoms with Crippen molar-refractivity contribution >= 4 is 17.5 Å². The summed E-state index contributed by atoms with van der Waals surface area (Å²) in [5.41, 5.74) is 3.17. The fraction of sp³-hybridized carbons (Fsp3) is 0.500. The van der Waals surface area contributed by atoms with Crippen LogP contribution in [0.2, 0.25) is 0 Å². The van der Waals surface area contributed by atoms with Crippen LogP contribution in [0.25, 0.3) is 0 Å². The summed E-state index contributed by atoms with van der Waals surface area (Å²) in [6.07, 6.45) is 4.68. The topological polar surface area (TPSA) is 80.2 Å². The standard InChI is InChI=1S/C20H24FN5O2/c1-13-11-23-18(12-22-13)25-20(27)16-10-19(26-6-2-14(21)3-7-26)24-17-5-9-28-8-4-15(16)17/h10-12,14H,2-9H2,1H3,(H,23,25,27). The Bertz CT molecular complexity index is 850. The molecule has 1 N–H and O–H groups in total. The average molecular weight is 385 g/mol. The molecule has 4 heterocycles. The highest BCUT2D eigenvalue weighted by molar-refractivity contribution is 6.05. The van der Waals surface area contributed by atoms with Crippen molar-refractivity contribution in [2.24, 2.45) is 0 Å². The third-order valence-electron chi connectivity index (χ3n) is 5.19. The Labute approximate surface area is 163 Å². The maximum atomic E-state index is 13.5. The first-order valence-electron chi connectivity index (χ1n) is 9.69. The number of anilines is 2. The molecule has 2 aromatic rings. The number of alkyl halides is 1. The van der Waals surface area contributed by atoms with Gasteiger partial charge in [-0.15, -0.1) is 0 Å². The second kappa shape index (κ2) is 8.18. The lowest BCUT2D eigenvalue weighted by molar-refractivity contribution is 0.102. The Balaban J connectivity index is 1.66. The highest BCUT2D eigenvalue weighted by Gasteiger charge is 2.25. The number of halogens is 1. The van der Waals surface area contributed by atoms with E-state index in [0.717, 1.165) is 22.8 Å². The molecule has 0 saturated carbocycles. The molecule has 0 aliphatic carbocycles. The summed E-state index contributed by atoms with van der Waals surface area (Å²) in [4.78, 5) is 28.3. The number of nitrogens with zero attached hydrogens (tertiary/aromatic N) is 4. The summed E-state index contributed by atoms with van der Waals surface area (Å²) in [7, 11) is 0. The van der Waals surface area contributed by atoms with Crippen LogP contribution in [0.15, 0.2) is 18.5 Å². The van der Waals surface area contributed by atoms with Crippen molar-refractivity contribution in [1.82, 2.24) is 15.0 Å². The molecule has 0 atom stereocenters. The van der Waals surface area contributed by atoms with Gasteiger partial charge in [0.2, 0.25) is 0 Å². The molecule has 1 fully saturated rings. The zero-order valence-electron chi connectivity index (χ0n) is 15.9. The largest absolute Gasteiger partial charge is 0.381 e. The van der Waals surface area contributed by atoms with Gasteiger partial charge in [-0.2, -0.15) is 0 Å². The van der Waals surface area contributed by atoms with E-state index in [0.29, 0.717) is 63.4 Å². The molecule has 0 bridgehead atoms. The Kier molecular flexibility index (Phi) is 5.47. The zero-order chi connectivity index (χ0) is 19.5. The average Bonchev–Trinajstić information content (AvgIpc) is 2.95. The second-order valence-electron chi connectivity index (χ2n) is 7.22. The Morgan fingerprint density at radius 2 is 2.00 bits per heavy atom. The van der Waals surface area contributed by atoms with E-state index in [9.17, 15) is 9.18 Å². The van der Waals surface area contributed by atoms with E-state index in [1.54, 1.807) is 12.4 Å². The first-order valence-corrected chi connectivity index (χ1v) is 9.69. The van der Waals surface area contributed by atoms with Crippen LogP contribution in [-0.2, 0) is 17.6 Å². The minimum absolute atomic E-state index is 0.236. The summed E-state index contributed by atoms with van der Waals surface area (Å²) < 4.78 is 19.1. The van der Waals surface area contributed by atoms with Gasteiger partial charge in [-0.3, -0.25) is 9.78 Å². The van der Waals surface area contributed by atoms with Crippen molar-refractivity contribution < 1.29 is 13.9 Å². The van der Waals surface area contributed by atoms with E-state index in [2.05, 4.69) is 20.2 Å². The minimum Gasteiger partial charge on any atom is -0.381 e. The predicted molar refractivity (Wildman–Crippen MR) is 104 cm³/mol. The molecular formula is C20H24FN5O2. The molecule has 4 rings (SSSR count). The number of rotatable bonds is 3. The van der Waals surface area contributed by atoms with Crippen LogP contribution in [0.5, 0.6) is 0 Å². The van der Waals surface area contributed by atoms with E-state index >= 15 is 0 Å². The van der Waals surface area contributed by atoms with Gasteiger partial charge in [0.15, 0.2) is 5.82 Å². The van der Waals surface area contributed by atoms with Crippen LogP contribution in [0.4, 0.5) is 16.0 Å². The molecule has 8 heteroatoms. The lowest BCUT2D eigenvalue weighted by Crippen LogP contribution is -2.35. The zero-order valence-corrected chi connectivity index (χ0v) is 15.9. The van der Waals surface area contributed by atoms with E-state index in [1.165, 1.54) is 0 Å². The highest BCUT2D eigenvalue weighted by atomic mass is 19.1. The van der Waals surface area contributed by atoms with E-state index in [1.807, 2.05) is 13.0 Å². The molecule has 1 amide bonds. The summed E-state index contributed by atoms with van der Waals surface area (Å²) in [5, 5.41) is 2.83. The first-order chi connectivity index (χ1) is 13.6. The number of hydrogen-bond donors (Lipinski definition) is 1. The van der Waals surface area contributed by atoms with Gasteiger partial charge in [0.05, 0.1) is 31.3 Å². The van der Waals surface area contributed by atoms with Gasteiger partial charge in [0.1, 0.15) is 12.0 Å². The fourth-order valence-electron chi connectivity index (χ4n) is 3.62. The van der Waals surface area contributed by atoms with Crippen molar-refractivity contribution in [2.75, 3.05) is 36.5 Å². The van der Waals surface area contributed by atoms with Crippen molar-refractivity contribution in [2.45, 2.75) is 38.8 Å². The number of fused-ring (bicyclic) bond motifs is 1. The Hall–Kier alpha value is -2.61. The van der Waals surface area contributed by atoms with Crippen molar-refractivity contribution in [1.29, 1.82) is 0 Å². The lowest BCUT2D eigenvalue weighted by Gasteiger charge is -2.30. The Morgan fingerprint density at radius 3 is 2.75 bits per heavy atom. The van der Waals surface area contributed by atoms with Crippen LogP contribution in [-0.4, -0.2) is 53.3 Å². The molecular weight excluding hydrogens is 361 g/mol. The molecule has 0 radical (unpaired) electrons. The summed E-state index contributed by atoms with van der Waals surface area (Å²) in [6, 6.07) is 1.82. The quantitative estimate of drug-likeness (QED) is 0.874. The summed E-state index contributed by atoms with van der Waals surface area (Å²) in [5.74, 6) is 0.902. The van der Waals surface area contributed by atoms with Crippen LogP contribution in [0.3, 0.4) is 0 Å². The normalized spacial score (nSPS) is 17.7.